The van der Waals surface area contributed by atoms with Crippen molar-refractivity contribution < 1.29 is 17.4 Å². The quantitative estimate of drug-likeness (QED) is 0.872. The van der Waals surface area contributed by atoms with Crippen LogP contribution >= 0.6 is 0 Å². The van der Waals surface area contributed by atoms with E-state index in [4.69, 9.17) is 5.26 Å². The highest BCUT2D eigenvalue weighted by Gasteiger charge is 2.13. The van der Waals surface area contributed by atoms with Gasteiger partial charge in [-0.2, -0.15) is 5.26 Å². The van der Waals surface area contributed by atoms with Gasteiger partial charge in [-0.1, -0.05) is 6.07 Å². The van der Waals surface area contributed by atoms with Crippen LogP contribution in [-0.2, 0) is 16.6 Å². The first-order chi connectivity index (χ1) is 9.51. The largest absolute Gasteiger partial charge is 0.254 e. The summed E-state index contributed by atoms with van der Waals surface area (Å²) in [5, 5.41) is 8.70. The van der Waals surface area contributed by atoms with Gasteiger partial charge >= 0.3 is 0 Å². The molecule has 0 spiro atoms. The number of nitriles is 1. The second kappa shape index (κ2) is 5.88. The number of nitrogens with zero attached hydrogens (tertiary/aromatic N) is 1. The van der Waals surface area contributed by atoms with E-state index in [0.717, 1.165) is 24.3 Å². The van der Waals surface area contributed by atoms with E-state index in [9.17, 15) is 17.4 Å². The van der Waals surface area contributed by atoms with Crippen LogP contribution in [0.4, 0.5) is 13.2 Å². The van der Waals surface area contributed by atoms with Crippen LogP contribution in [0.2, 0.25) is 0 Å². The number of rotatable bonds is 3. The Balaban J connectivity index is 2.28. The molecule has 2 aromatic carbocycles. The number of hydrogen-bond acceptors (Lipinski definition) is 2. The van der Waals surface area contributed by atoms with Gasteiger partial charge < -0.3 is 0 Å². The molecule has 0 saturated carbocycles. The van der Waals surface area contributed by atoms with Crippen molar-refractivity contribution in [3.63, 3.8) is 0 Å². The Kier molecular flexibility index (Phi) is 4.20. The number of halogens is 3. The molecule has 0 aliphatic rings. The Bertz CT molecular complexity index is 725. The third-order valence-electron chi connectivity index (χ3n) is 2.59. The summed E-state index contributed by atoms with van der Waals surface area (Å²) in [5.74, 6) is -2.27. The maximum Gasteiger partial charge on any atom is 0.140 e. The van der Waals surface area contributed by atoms with Crippen molar-refractivity contribution >= 4 is 10.8 Å². The molecule has 0 N–H and O–H groups in total. The summed E-state index contributed by atoms with van der Waals surface area (Å²) in [6, 6.07) is 8.02. The summed E-state index contributed by atoms with van der Waals surface area (Å²) in [7, 11) is -1.82. The first-order valence-corrected chi connectivity index (χ1v) is 6.85. The lowest BCUT2D eigenvalue weighted by molar-refractivity contribution is 0.572. The van der Waals surface area contributed by atoms with Crippen molar-refractivity contribution in [3.05, 3.63) is 65.0 Å². The van der Waals surface area contributed by atoms with E-state index in [1.54, 1.807) is 6.07 Å². The maximum atomic E-state index is 13.5. The average Bonchev–Trinajstić information content (AvgIpc) is 2.43. The predicted octanol–water partition coefficient (Wildman–Crippen LogP) is 3.28. The Hall–Kier alpha value is -2.13. The van der Waals surface area contributed by atoms with Gasteiger partial charge in [0.1, 0.15) is 23.5 Å². The van der Waals surface area contributed by atoms with Crippen LogP contribution in [0.1, 0.15) is 11.1 Å². The highest BCUT2D eigenvalue weighted by Crippen LogP contribution is 2.18. The molecule has 2 rings (SSSR count). The second-order valence-corrected chi connectivity index (χ2v) is 5.41. The van der Waals surface area contributed by atoms with Crippen molar-refractivity contribution in [2.24, 2.45) is 0 Å². The van der Waals surface area contributed by atoms with E-state index >= 15 is 0 Å². The zero-order valence-corrected chi connectivity index (χ0v) is 10.9. The van der Waals surface area contributed by atoms with Crippen LogP contribution < -0.4 is 0 Å². The molecule has 0 bridgehead atoms. The number of hydrogen-bond donors (Lipinski definition) is 0. The fourth-order valence-electron chi connectivity index (χ4n) is 1.63. The molecule has 2 aromatic rings. The van der Waals surface area contributed by atoms with Gasteiger partial charge in [0.15, 0.2) is 0 Å². The highest BCUT2D eigenvalue weighted by molar-refractivity contribution is 7.84. The normalized spacial score (nSPS) is 11.9. The third-order valence-corrected chi connectivity index (χ3v) is 3.99. The van der Waals surface area contributed by atoms with Gasteiger partial charge in [0.25, 0.3) is 0 Å². The lowest BCUT2D eigenvalue weighted by Gasteiger charge is -2.05. The summed E-state index contributed by atoms with van der Waals surface area (Å²) in [6.45, 7) is 0. The van der Waals surface area contributed by atoms with Gasteiger partial charge in [-0.25, -0.2) is 13.2 Å². The topological polar surface area (TPSA) is 40.9 Å². The molecule has 0 aliphatic carbocycles. The first kappa shape index (κ1) is 14.3. The Labute approximate surface area is 115 Å². The van der Waals surface area contributed by atoms with Gasteiger partial charge in [-0.05, 0) is 35.9 Å². The van der Waals surface area contributed by atoms with Gasteiger partial charge in [-0.3, -0.25) is 4.21 Å². The van der Waals surface area contributed by atoms with E-state index in [1.807, 2.05) is 0 Å². The molecule has 0 fully saturated rings. The van der Waals surface area contributed by atoms with E-state index < -0.39 is 28.3 Å². The fourth-order valence-corrected chi connectivity index (χ4v) is 2.80. The minimum absolute atomic E-state index is 0.130. The molecule has 102 valence electrons. The monoisotopic (exact) mass is 295 g/mol. The maximum absolute atomic E-state index is 13.5. The lowest BCUT2D eigenvalue weighted by atomic mass is 10.1. The van der Waals surface area contributed by atoms with E-state index in [2.05, 4.69) is 0 Å². The van der Waals surface area contributed by atoms with Crippen LogP contribution in [0.3, 0.4) is 0 Å². The summed E-state index contributed by atoms with van der Waals surface area (Å²) in [6.07, 6.45) is 0. The average molecular weight is 295 g/mol. The summed E-state index contributed by atoms with van der Waals surface area (Å²) < 4.78 is 51.6. The molecule has 1 atom stereocenters. The molecule has 6 heteroatoms. The SMILES string of the molecule is N#Cc1cc(CS(=O)c2cc(F)ccc2F)ccc1F. The molecule has 0 heterocycles. The Morgan fingerprint density at radius 2 is 1.75 bits per heavy atom. The standard InChI is InChI=1S/C14H8F3NOS/c15-11-2-4-13(17)14(6-11)20(19)8-9-1-3-12(16)10(5-9)7-18/h1-6H,8H2. The summed E-state index contributed by atoms with van der Waals surface area (Å²) in [5.41, 5.74) is 0.226. The minimum Gasteiger partial charge on any atom is -0.254 e. The zero-order chi connectivity index (χ0) is 14.7. The van der Waals surface area contributed by atoms with Gasteiger partial charge in [0.2, 0.25) is 0 Å². The molecule has 0 aliphatic heterocycles. The molecule has 0 saturated heterocycles. The van der Waals surface area contributed by atoms with Crippen LogP contribution in [0.5, 0.6) is 0 Å². The van der Waals surface area contributed by atoms with Crippen molar-refractivity contribution in [3.8, 4) is 6.07 Å². The smallest absolute Gasteiger partial charge is 0.140 e. The van der Waals surface area contributed by atoms with Crippen molar-refractivity contribution in [1.29, 1.82) is 5.26 Å². The molecular weight excluding hydrogens is 287 g/mol. The van der Waals surface area contributed by atoms with Crippen molar-refractivity contribution in [2.75, 3.05) is 0 Å². The zero-order valence-electron chi connectivity index (χ0n) is 10.1. The summed E-state index contributed by atoms with van der Waals surface area (Å²) in [4.78, 5) is -0.257. The fraction of sp³-hybridized carbons (Fsp3) is 0.0714. The molecule has 0 amide bonds. The van der Waals surface area contributed by atoms with Gasteiger partial charge in [0.05, 0.1) is 27.0 Å². The van der Waals surface area contributed by atoms with E-state index in [0.29, 0.717) is 5.56 Å². The van der Waals surface area contributed by atoms with Crippen molar-refractivity contribution in [2.45, 2.75) is 10.6 Å². The van der Waals surface area contributed by atoms with Gasteiger partial charge in [0, 0.05) is 0 Å². The van der Waals surface area contributed by atoms with Crippen LogP contribution in [0, 0.1) is 28.8 Å². The van der Waals surface area contributed by atoms with E-state index in [-0.39, 0.29) is 16.2 Å². The third kappa shape index (κ3) is 3.06. The van der Waals surface area contributed by atoms with Crippen LogP contribution in [0.25, 0.3) is 0 Å². The molecule has 0 aromatic heterocycles. The second-order valence-electron chi connectivity index (χ2n) is 3.99. The molecular formula is C14H8F3NOS. The predicted molar refractivity (Wildman–Crippen MR) is 67.6 cm³/mol. The Morgan fingerprint density at radius 1 is 1.05 bits per heavy atom. The molecule has 1 unspecified atom stereocenters. The Morgan fingerprint density at radius 3 is 2.45 bits per heavy atom. The van der Waals surface area contributed by atoms with Crippen molar-refractivity contribution in [1.82, 2.24) is 0 Å². The van der Waals surface area contributed by atoms with E-state index in [1.165, 1.54) is 12.1 Å². The summed E-state index contributed by atoms with van der Waals surface area (Å²) >= 11 is 0. The van der Waals surface area contributed by atoms with Gasteiger partial charge in [-0.15, -0.1) is 0 Å². The highest BCUT2D eigenvalue weighted by atomic mass is 32.2. The number of benzene rings is 2. The molecule has 0 radical (unpaired) electrons. The first-order valence-electron chi connectivity index (χ1n) is 5.53. The minimum atomic E-state index is -1.82. The van der Waals surface area contributed by atoms with Crippen LogP contribution in [0.15, 0.2) is 41.3 Å². The van der Waals surface area contributed by atoms with Crippen LogP contribution in [-0.4, -0.2) is 4.21 Å². The molecule has 2 nitrogen and oxygen atoms in total. The molecule has 20 heavy (non-hydrogen) atoms. The lowest BCUT2D eigenvalue weighted by Crippen LogP contribution is -2.01.